The van der Waals surface area contributed by atoms with Gasteiger partial charge in [-0.2, -0.15) is 0 Å². The third kappa shape index (κ3) is 2.36. The molecule has 0 radical (unpaired) electrons. The number of hydrogen-bond acceptors (Lipinski definition) is 1. The van der Waals surface area contributed by atoms with Crippen molar-refractivity contribution in [3.05, 3.63) is 29.3 Å². The lowest BCUT2D eigenvalue weighted by atomic mass is 10.00. The molecule has 0 bridgehead atoms. The molecule has 3 heteroatoms. The summed E-state index contributed by atoms with van der Waals surface area (Å²) in [6.07, 6.45) is 5.97. The molecule has 22 heavy (non-hydrogen) atoms. The van der Waals surface area contributed by atoms with Gasteiger partial charge in [0.2, 0.25) is 0 Å². The van der Waals surface area contributed by atoms with E-state index in [1.165, 1.54) is 32.4 Å². The van der Waals surface area contributed by atoms with Crippen molar-refractivity contribution in [2.75, 3.05) is 25.0 Å². The Bertz CT molecular complexity index is 549. The molecule has 1 saturated heterocycles. The van der Waals surface area contributed by atoms with Crippen molar-refractivity contribution in [3.63, 3.8) is 0 Å². The molecule has 1 heterocycles. The molecule has 0 spiro atoms. The quantitative estimate of drug-likeness (QED) is 0.842. The third-order valence-electron chi connectivity index (χ3n) is 6.05. The molecule has 1 saturated carbocycles. The number of benzene rings is 1. The first-order chi connectivity index (χ1) is 10.5. The van der Waals surface area contributed by atoms with Gasteiger partial charge >= 0.3 is 0 Å². The first-order valence-electron chi connectivity index (χ1n) is 8.78. The summed E-state index contributed by atoms with van der Waals surface area (Å²) in [5.41, 5.74) is 3.19. The van der Waals surface area contributed by atoms with Crippen molar-refractivity contribution < 1.29 is 9.28 Å². The highest BCUT2D eigenvalue weighted by atomic mass is 16.2. The summed E-state index contributed by atoms with van der Waals surface area (Å²) < 4.78 is 1.02. The molecule has 1 aromatic carbocycles. The van der Waals surface area contributed by atoms with Crippen LogP contribution in [0.25, 0.3) is 0 Å². The smallest absolute Gasteiger partial charge is 0.285 e. The lowest BCUT2D eigenvalue weighted by molar-refractivity contribution is -0.955. The number of rotatable bonds is 4. The van der Waals surface area contributed by atoms with E-state index in [2.05, 4.69) is 44.3 Å². The lowest BCUT2D eigenvalue weighted by Crippen LogP contribution is -2.64. The Labute approximate surface area is 134 Å². The van der Waals surface area contributed by atoms with E-state index >= 15 is 0 Å². The second-order valence-electron chi connectivity index (χ2n) is 7.22. The number of hydrogen-bond donors (Lipinski definition) is 1. The Morgan fingerprint density at radius 3 is 2.23 bits per heavy atom. The molecule has 3 nitrogen and oxygen atoms in total. The van der Waals surface area contributed by atoms with E-state index in [-0.39, 0.29) is 11.4 Å². The number of aryl methyl sites for hydroxylation is 2. The highest BCUT2D eigenvalue weighted by Gasteiger charge is 2.65. The minimum Gasteiger partial charge on any atom is -0.320 e. The molecule has 1 N–H and O–H groups in total. The van der Waals surface area contributed by atoms with Gasteiger partial charge in [-0.25, -0.2) is 0 Å². The number of amides is 1. The Morgan fingerprint density at radius 2 is 1.73 bits per heavy atom. The van der Waals surface area contributed by atoms with Crippen molar-refractivity contribution in [1.82, 2.24) is 0 Å². The van der Waals surface area contributed by atoms with E-state index in [4.69, 9.17) is 0 Å². The number of nitrogens with zero attached hydrogens (tertiary/aromatic N) is 1. The highest BCUT2D eigenvalue weighted by molar-refractivity contribution is 6.00. The summed E-state index contributed by atoms with van der Waals surface area (Å²) >= 11 is 0. The monoisotopic (exact) mass is 301 g/mol. The maximum atomic E-state index is 13.1. The highest BCUT2D eigenvalue weighted by Crippen LogP contribution is 2.49. The fraction of sp³-hybridized carbons (Fsp3) is 0.632. The van der Waals surface area contributed by atoms with Crippen molar-refractivity contribution in [3.8, 4) is 0 Å². The molecule has 0 unspecified atom stereocenters. The third-order valence-corrected chi connectivity index (χ3v) is 6.05. The van der Waals surface area contributed by atoms with Crippen LogP contribution in [0.4, 0.5) is 5.69 Å². The summed E-state index contributed by atoms with van der Waals surface area (Å²) in [5.74, 6) is 0.258. The number of nitrogens with one attached hydrogen (secondary N) is 1. The molecule has 1 aliphatic carbocycles. The number of carbonyl (C=O) groups excluding carboxylic acids is 1. The van der Waals surface area contributed by atoms with Crippen LogP contribution in [0.5, 0.6) is 0 Å². The van der Waals surface area contributed by atoms with Crippen molar-refractivity contribution >= 4 is 11.6 Å². The SMILES string of the molecule is CC[N+]1(C2(C(=O)Nc3c(C)cccc3C)CC2)CCCCC1. The molecule has 1 aliphatic heterocycles. The normalized spacial score (nSPS) is 22.1. The van der Waals surface area contributed by atoms with E-state index in [0.29, 0.717) is 0 Å². The van der Waals surface area contributed by atoms with Gasteiger partial charge in [0.1, 0.15) is 0 Å². The Balaban J connectivity index is 1.85. The summed E-state index contributed by atoms with van der Waals surface area (Å²) in [6, 6.07) is 6.21. The van der Waals surface area contributed by atoms with Gasteiger partial charge in [-0.05, 0) is 51.2 Å². The maximum absolute atomic E-state index is 13.1. The first kappa shape index (κ1) is 15.5. The Hall–Kier alpha value is -1.35. The van der Waals surface area contributed by atoms with Gasteiger partial charge in [-0.3, -0.25) is 4.79 Å². The molecule has 1 aromatic rings. The predicted octanol–water partition coefficient (Wildman–Crippen LogP) is 3.80. The van der Waals surface area contributed by atoms with E-state index in [1.54, 1.807) is 0 Å². The molecular weight excluding hydrogens is 272 g/mol. The first-order valence-corrected chi connectivity index (χ1v) is 8.78. The second-order valence-corrected chi connectivity index (χ2v) is 7.22. The van der Waals surface area contributed by atoms with Crippen molar-refractivity contribution in [2.24, 2.45) is 0 Å². The van der Waals surface area contributed by atoms with Crippen LogP contribution in [-0.4, -0.2) is 35.6 Å². The number of piperidine rings is 1. The van der Waals surface area contributed by atoms with Crippen LogP contribution in [0.2, 0.25) is 0 Å². The summed E-state index contributed by atoms with van der Waals surface area (Å²) in [4.78, 5) is 13.1. The molecule has 0 aromatic heterocycles. The summed E-state index contributed by atoms with van der Waals surface area (Å²) in [5, 5.41) is 3.28. The number of anilines is 1. The number of likely N-dealkylation sites (N-methyl/N-ethyl adjacent to an activating group) is 1. The zero-order chi connectivity index (χ0) is 15.8. The van der Waals surface area contributed by atoms with Crippen LogP contribution in [-0.2, 0) is 4.79 Å². The van der Waals surface area contributed by atoms with E-state index in [0.717, 1.165) is 40.7 Å². The van der Waals surface area contributed by atoms with Crippen LogP contribution < -0.4 is 5.32 Å². The van der Waals surface area contributed by atoms with Crippen LogP contribution in [0.15, 0.2) is 18.2 Å². The second kappa shape index (κ2) is 5.69. The average Bonchev–Trinajstić information content (AvgIpc) is 3.34. The van der Waals surface area contributed by atoms with Crippen molar-refractivity contribution in [2.45, 2.75) is 58.4 Å². The van der Waals surface area contributed by atoms with Crippen molar-refractivity contribution in [1.29, 1.82) is 0 Å². The molecule has 120 valence electrons. The Morgan fingerprint density at radius 1 is 1.14 bits per heavy atom. The minimum absolute atomic E-state index is 0.149. The molecule has 1 amide bonds. The number of carbonyl (C=O) groups is 1. The van der Waals surface area contributed by atoms with Gasteiger partial charge in [0.25, 0.3) is 5.91 Å². The standard InChI is InChI=1S/C19H28N2O/c1-4-21(13-6-5-7-14-21)19(11-12-19)18(22)20-17-15(2)9-8-10-16(17)3/h8-10H,4-7,11-14H2,1-3H3/p+1. The van der Waals surface area contributed by atoms with Crippen LogP contribution in [0.1, 0.15) is 50.2 Å². The molecule has 2 fully saturated rings. The Kier molecular flexibility index (Phi) is 4.02. The summed E-state index contributed by atoms with van der Waals surface area (Å²) in [7, 11) is 0. The zero-order valence-corrected chi connectivity index (χ0v) is 14.2. The topological polar surface area (TPSA) is 29.1 Å². The van der Waals surface area contributed by atoms with Gasteiger partial charge in [0.05, 0.1) is 19.6 Å². The maximum Gasteiger partial charge on any atom is 0.285 e. The van der Waals surface area contributed by atoms with Crippen LogP contribution in [0.3, 0.4) is 0 Å². The molecule has 3 rings (SSSR count). The predicted molar refractivity (Wildman–Crippen MR) is 90.9 cm³/mol. The van der Waals surface area contributed by atoms with Crippen LogP contribution >= 0.6 is 0 Å². The average molecular weight is 301 g/mol. The van der Waals surface area contributed by atoms with E-state index in [1.807, 2.05) is 0 Å². The van der Waals surface area contributed by atoms with E-state index in [9.17, 15) is 4.79 Å². The fourth-order valence-corrected chi connectivity index (χ4v) is 4.44. The number of likely N-dealkylation sites (tertiary alicyclic amines) is 1. The molecule has 0 atom stereocenters. The van der Waals surface area contributed by atoms with E-state index < -0.39 is 0 Å². The number of quaternary nitrogens is 1. The number of para-hydroxylation sites is 1. The van der Waals surface area contributed by atoms with Gasteiger partial charge in [0, 0.05) is 18.5 Å². The summed E-state index contributed by atoms with van der Waals surface area (Å²) in [6.45, 7) is 9.85. The lowest BCUT2D eigenvalue weighted by Gasteiger charge is -2.46. The fourth-order valence-electron chi connectivity index (χ4n) is 4.44. The minimum atomic E-state index is -0.149. The largest absolute Gasteiger partial charge is 0.320 e. The zero-order valence-electron chi connectivity index (χ0n) is 14.2. The van der Waals surface area contributed by atoms with Crippen LogP contribution in [0, 0.1) is 13.8 Å². The van der Waals surface area contributed by atoms with Gasteiger partial charge in [-0.1, -0.05) is 18.2 Å². The van der Waals surface area contributed by atoms with Gasteiger partial charge in [-0.15, -0.1) is 0 Å². The molecule has 2 aliphatic rings. The van der Waals surface area contributed by atoms with Gasteiger partial charge in [0.15, 0.2) is 5.54 Å². The molecular formula is C19H29N2O+. The van der Waals surface area contributed by atoms with Gasteiger partial charge < -0.3 is 9.80 Å².